The van der Waals surface area contributed by atoms with E-state index in [-0.39, 0.29) is 12.1 Å². The van der Waals surface area contributed by atoms with E-state index in [9.17, 15) is 4.79 Å². The predicted molar refractivity (Wildman–Crippen MR) is 119 cm³/mol. The van der Waals surface area contributed by atoms with Crippen molar-refractivity contribution in [1.82, 2.24) is 25.4 Å². The topological polar surface area (TPSA) is 84.2 Å². The average molecular weight is 415 g/mol. The largest absolute Gasteiger partial charge is 0.335 e. The van der Waals surface area contributed by atoms with E-state index in [4.69, 9.17) is 4.99 Å². The molecule has 1 unspecified atom stereocenters. The summed E-state index contributed by atoms with van der Waals surface area (Å²) in [6.45, 7) is 1.92. The van der Waals surface area contributed by atoms with E-state index in [1.54, 1.807) is 0 Å². The molecular formula is C24H26N6O. The van der Waals surface area contributed by atoms with E-state index < -0.39 is 6.17 Å². The molecule has 7 heteroatoms. The molecule has 2 N–H and O–H groups in total. The van der Waals surface area contributed by atoms with Crippen molar-refractivity contribution in [3.05, 3.63) is 77.4 Å². The number of nitrogens with zero attached hydrogens (tertiary/aromatic N) is 4. The van der Waals surface area contributed by atoms with Gasteiger partial charge in [0.25, 0.3) is 0 Å². The smallest absolute Gasteiger partial charge is 0.317 e. The van der Waals surface area contributed by atoms with Crippen LogP contribution in [0.3, 0.4) is 0 Å². The second kappa shape index (κ2) is 8.34. The molecule has 158 valence electrons. The number of para-hydroxylation sites is 1. The zero-order valence-corrected chi connectivity index (χ0v) is 17.6. The summed E-state index contributed by atoms with van der Waals surface area (Å²) in [4.78, 5) is 17.9. The fraction of sp³-hybridized carbons (Fsp3) is 0.333. The molecule has 31 heavy (non-hydrogen) atoms. The van der Waals surface area contributed by atoms with Crippen LogP contribution in [-0.2, 0) is 0 Å². The van der Waals surface area contributed by atoms with E-state index in [1.165, 1.54) is 6.42 Å². The molecule has 1 aliphatic carbocycles. The lowest BCUT2D eigenvalue weighted by atomic mass is 9.96. The third kappa shape index (κ3) is 3.83. The summed E-state index contributed by atoms with van der Waals surface area (Å²) >= 11 is 0. The average Bonchev–Trinajstić information content (AvgIpc) is 3.12. The van der Waals surface area contributed by atoms with Gasteiger partial charge in [-0.05, 0) is 25.8 Å². The van der Waals surface area contributed by atoms with Crippen molar-refractivity contribution < 1.29 is 4.79 Å². The second-order valence-corrected chi connectivity index (χ2v) is 8.16. The minimum Gasteiger partial charge on any atom is -0.335 e. The fourth-order valence-corrected chi connectivity index (χ4v) is 4.50. The number of urea groups is 1. The third-order valence-electron chi connectivity index (χ3n) is 6.01. The number of carbonyl (C=O) groups excluding carboxylic acids is 1. The molecule has 0 saturated heterocycles. The van der Waals surface area contributed by atoms with Gasteiger partial charge < -0.3 is 10.6 Å². The zero-order valence-electron chi connectivity index (χ0n) is 17.6. The summed E-state index contributed by atoms with van der Waals surface area (Å²) in [7, 11) is 0. The normalized spacial score (nSPS) is 18.4. The van der Waals surface area contributed by atoms with Crippen LogP contribution in [0.25, 0.3) is 5.69 Å². The highest BCUT2D eigenvalue weighted by atomic mass is 16.2. The van der Waals surface area contributed by atoms with Gasteiger partial charge in [0.2, 0.25) is 0 Å². The first kappa shape index (κ1) is 19.5. The lowest BCUT2D eigenvalue weighted by Crippen LogP contribution is -2.44. The Hall–Kier alpha value is -3.48. The van der Waals surface area contributed by atoms with Crippen molar-refractivity contribution in [3.63, 3.8) is 0 Å². The monoisotopic (exact) mass is 414 g/mol. The maximum Gasteiger partial charge on any atom is 0.317 e. The number of hydrogen-bond donors (Lipinski definition) is 2. The number of benzene rings is 2. The van der Waals surface area contributed by atoms with Gasteiger partial charge in [0, 0.05) is 17.2 Å². The van der Waals surface area contributed by atoms with Crippen molar-refractivity contribution >= 4 is 11.7 Å². The van der Waals surface area contributed by atoms with Crippen LogP contribution in [0.1, 0.15) is 61.0 Å². The third-order valence-corrected chi connectivity index (χ3v) is 6.01. The standard InChI is InChI=1S/C24H26N6O/c1-16-28-29-23-22(27-24(31)25-18-12-6-3-7-13-18)26-21(17-10-4-2-5-11-17)19-14-8-9-15-20(19)30(16)23/h2,4-5,8-11,14-15,18,22H,3,6-7,12-13H2,1H3,(H2,25,27,31). The maximum atomic E-state index is 12.9. The van der Waals surface area contributed by atoms with Crippen LogP contribution in [0.2, 0.25) is 0 Å². The minimum absolute atomic E-state index is 0.216. The summed E-state index contributed by atoms with van der Waals surface area (Å²) in [5.74, 6) is 1.36. The van der Waals surface area contributed by atoms with Gasteiger partial charge in [-0.1, -0.05) is 67.8 Å². The molecule has 1 aromatic heterocycles. The molecule has 1 fully saturated rings. The van der Waals surface area contributed by atoms with E-state index >= 15 is 0 Å². The Morgan fingerprint density at radius 2 is 1.68 bits per heavy atom. The second-order valence-electron chi connectivity index (χ2n) is 8.16. The van der Waals surface area contributed by atoms with Gasteiger partial charge in [0.1, 0.15) is 5.82 Å². The van der Waals surface area contributed by atoms with Gasteiger partial charge in [-0.3, -0.25) is 9.56 Å². The van der Waals surface area contributed by atoms with Gasteiger partial charge >= 0.3 is 6.03 Å². The highest BCUT2D eigenvalue weighted by Crippen LogP contribution is 2.29. The summed E-state index contributed by atoms with van der Waals surface area (Å²) in [5, 5.41) is 14.8. The Kier molecular flexibility index (Phi) is 5.24. The van der Waals surface area contributed by atoms with Gasteiger partial charge in [0.05, 0.1) is 11.4 Å². The Bertz CT molecular complexity index is 1110. The molecular weight excluding hydrogens is 388 g/mol. The molecule has 2 heterocycles. The quantitative estimate of drug-likeness (QED) is 0.678. The molecule has 2 aliphatic rings. The number of aromatic nitrogens is 3. The molecule has 7 nitrogen and oxygen atoms in total. The Balaban J connectivity index is 1.55. The van der Waals surface area contributed by atoms with Gasteiger partial charge in [-0.25, -0.2) is 4.79 Å². The van der Waals surface area contributed by atoms with Crippen molar-refractivity contribution in [3.8, 4) is 5.69 Å². The first-order valence-electron chi connectivity index (χ1n) is 10.9. The zero-order chi connectivity index (χ0) is 21.2. The minimum atomic E-state index is -0.646. The van der Waals surface area contributed by atoms with Crippen LogP contribution in [0, 0.1) is 6.92 Å². The summed E-state index contributed by atoms with van der Waals surface area (Å²) in [6.07, 6.45) is 4.97. The summed E-state index contributed by atoms with van der Waals surface area (Å²) in [6, 6.07) is 18.1. The Morgan fingerprint density at radius 3 is 2.48 bits per heavy atom. The van der Waals surface area contributed by atoms with Crippen molar-refractivity contribution in [2.24, 2.45) is 4.99 Å². The van der Waals surface area contributed by atoms with Crippen LogP contribution in [-0.4, -0.2) is 32.5 Å². The van der Waals surface area contributed by atoms with Crippen LogP contribution < -0.4 is 10.6 Å². The van der Waals surface area contributed by atoms with Gasteiger partial charge in [0.15, 0.2) is 12.0 Å². The van der Waals surface area contributed by atoms with Crippen molar-refractivity contribution in [2.75, 3.05) is 0 Å². The maximum absolute atomic E-state index is 12.9. The van der Waals surface area contributed by atoms with Crippen molar-refractivity contribution in [1.29, 1.82) is 0 Å². The number of aryl methyl sites for hydroxylation is 1. The van der Waals surface area contributed by atoms with E-state index in [2.05, 4.69) is 26.9 Å². The summed E-state index contributed by atoms with van der Waals surface area (Å²) in [5.41, 5.74) is 3.75. The van der Waals surface area contributed by atoms with Crippen LogP contribution in [0.4, 0.5) is 4.79 Å². The van der Waals surface area contributed by atoms with Crippen LogP contribution in [0.15, 0.2) is 59.6 Å². The molecule has 1 saturated carbocycles. The number of rotatable bonds is 3. The molecule has 0 spiro atoms. The Morgan fingerprint density at radius 1 is 0.935 bits per heavy atom. The number of amides is 2. The number of hydrogen-bond acceptors (Lipinski definition) is 4. The number of nitrogens with one attached hydrogen (secondary N) is 2. The molecule has 2 amide bonds. The first-order valence-corrected chi connectivity index (χ1v) is 10.9. The van der Waals surface area contributed by atoms with Gasteiger partial charge in [-0.2, -0.15) is 0 Å². The predicted octanol–water partition coefficient (Wildman–Crippen LogP) is 4.06. The van der Waals surface area contributed by atoms with E-state index in [0.717, 1.165) is 54.0 Å². The fourth-order valence-electron chi connectivity index (χ4n) is 4.50. The first-order chi connectivity index (χ1) is 15.2. The lowest BCUT2D eigenvalue weighted by molar-refractivity contribution is 0.228. The molecule has 1 aliphatic heterocycles. The molecule has 0 radical (unpaired) electrons. The molecule has 5 rings (SSSR count). The number of fused-ring (bicyclic) bond motifs is 3. The van der Waals surface area contributed by atoms with Gasteiger partial charge in [-0.15, -0.1) is 10.2 Å². The van der Waals surface area contributed by atoms with E-state index in [1.807, 2.05) is 60.0 Å². The highest BCUT2D eigenvalue weighted by molar-refractivity contribution is 6.15. The molecule has 0 bridgehead atoms. The molecule has 2 aromatic carbocycles. The lowest BCUT2D eigenvalue weighted by Gasteiger charge is -2.24. The SMILES string of the molecule is Cc1nnc2n1-c1ccccc1C(c1ccccc1)=NC2NC(=O)NC1CCCCC1. The number of aliphatic imine (C=N–C) groups is 1. The summed E-state index contributed by atoms with van der Waals surface area (Å²) < 4.78 is 1.99. The highest BCUT2D eigenvalue weighted by Gasteiger charge is 2.29. The molecule has 3 aromatic rings. The van der Waals surface area contributed by atoms with E-state index in [0.29, 0.717) is 5.82 Å². The van der Waals surface area contributed by atoms with Crippen LogP contribution >= 0.6 is 0 Å². The molecule has 1 atom stereocenters. The van der Waals surface area contributed by atoms with Crippen LogP contribution in [0.5, 0.6) is 0 Å². The van der Waals surface area contributed by atoms with Crippen molar-refractivity contribution in [2.45, 2.75) is 51.2 Å². The Labute approximate surface area is 181 Å². The number of carbonyl (C=O) groups is 1.